The van der Waals surface area contributed by atoms with Gasteiger partial charge in [0.25, 0.3) is 5.56 Å². The smallest absolute Gasteiger partial charge is 0.368 e. The topological polar surface area (TPSA) is 180 Å². The number of rotatable bonds is 12. The van der Waals surface area contributed by atoms with Gasteiger partial charge in [-0.05, 0) is 36.0 Å². The lowest BCUT2D eigenvalue weighted by atomic mass is 10.0. The summed E-state index contributed by atoms with van der Waals surface area (Å²) in [6.45, 7) is 1.41. The van der Waals surface area contributed by atoms with Crippen LogP contribution < -0.4 is 20.3 Å². The molecule has 4 aromatic rings. The standard InChI is InChI=1S/C35H36F2N10O6/c1-47(2,19-21-7-12-39-32(21)46(50)51)15-5-6-28(48)44-13-9-23(10-14-44)45-33-22(18-40-35(43-33)42-27-8-11-38-20-41-27)16-24(34(45)49)29-30(36)25(52-3)17-26(53-4)31(29)37/h5-6,8,11-12,16-18,20,23H,7,9-10,13-15,19H2,1-4H3/p+1/b6-5+. The maximum Gasteiger partial charge on any atom is 0.368 e. The molecule has 2 aliphatic rings. The summed E-state index contributed by atoms with van der Waals surface area (Å²) in [6, 6.07) is 3.51. The van der Waals surface area contributed by atoms with E-state index in [0.717, 1.165) is 6.07 Å². The van der Waals surface area contributed by atoms with Gasteiger partial charge in [0.1, 0.15) is 30.6 Å². The summed E-state index contributed by atoms with van der Waals surface area (Å²) in [4.78, 5) is 61.0. The van der Waals surface area contributed by atoms with Gasteiger partial charge in [-0.25, -0.2) is 23.7 Å². The fourth-order valence-electron chi connectivity index (χ4n) is 6.51. The molecule has 5 heterocycles. The minimum absolute atomic E-state index is 0.125. The van der Waals surface area contributed by atoms with Crippen molar-refractivity contribution in [2.75, 3.05) is 59.8 Å². The SMILES string of the molecule is COc1cc(OC)c(F)c(-c2cc3cnc(Nc4ccncn4)nc3n(C3CCN(C(=O)/C=C/C[N+](C)(C)CC4=C([N+](=O)[O-])N=CC4)CC3)c2=O)c1F. The van der Waals surface area contributed by atoms with Gasteiger partial charge in [0.15, 0.2) is 23.1 Å². The van der Waals surface area contributed by atoms with Crippen LogP contribution in [0.5, 0.6) is 11.5 Å². The number of carbonyl (C=O) groups excluding carboxylic acids is 1. The lowest BCUT2D eigenvalue weighted by Gasteiger charge is -2.33. The molecule has 18 heteroatoms. The van der Waals surface area contributed by atoms with E-state index < -0.39 is 33.7 Å². The summed E-state index contributed by atoms with van der Waals surface area (Å²) in [6.07, 6.45) is 10.2. The first kappa shape index (κ1) is 36.6. The molecule has 1 amide bonds. The minimum atomic E-state index is -1.07. The van der Waals surface area contributed by atoms with Crippen molar-refractivity contribution in [3.05, 3.63) is 92.6 Å². The summed E-state index contributed by atoms with van der Waals surface area (Å²) in [7, 11) is 6.27. The number of nitrogens with zero attached hydrogens (tertiary/aromatic N) is 9. The average Bonchev–Trinajstić information content (AvgIpc) is 3.60. The number of benzene rings is 1. The summed E-state index contributed by atoms with van der Waals surface area (Å²) in [5, 5.41) is 14.6. The van der Waals surface area contributed by atoms with E-state index in [2.05, 4.69) is 30.2 Å². The van der Waals surface area contributed by atoms with Crippen LogP contribution in [0.2, 0.25) is 0 Å². The van der Waals surface area contributed by atoms with Gasteiger partial charge in [-0.2, -0.15) is 4.98 Å². The van der Waals surface area contributed by atoms with Crippen LogP contribution in [-0.2, 0) is 4.79 Å². The average molecular weight is 732 g/mol. The van der Waals surface area contributed by atoms with Crippen molar-refractivity contribution < 1.29 is 32.5 Å². The molecule has 1 saturated heterocycles. The molecule has 1 aromatic carbocycles. The number of likely N-dealkylation sites (N-methyl/N-ethyl adjacent to an activating group) is 1. The molecule has 0 radical (unpaired) electrons. The number of quaternary nitrogens is 1. The molecule has 0 aliphatic carbocycles. The van der Waals surface area contributed by atoms with Crippen LogP contribution in [0.4, 0.5) is 20.5 Å². The van der Waals surface area contributed by atoms with Crippen molar-refractivity contribution in [2.24, 2.45) is 4.99 Å². The molecule has 1 N–H and O–H groups in total. The molecular formula is C35H37F2N10O6+. The highest BCUT2D eigenvalue weighted by Gasteiger charge is 2.31. The Morgan fingerprint density at radius 2 is 1.85 bits per heavy atom. The van der Waals surface area contributed by atoms with Crippen molar-refractivity contribution in [2.45, 2.75) is 25.3 Å². The zero-order valence-electron chi connectivity index (χ0n) is 29.5. The van der Waals surface area contributed by atoms with Gasteiger partial charge in [-0.1, -0.05) is 4.99 Å². The third-order valence-corrected chi connectivity index (χ3v) is 9.10. The first-order chi connectivity index (χ1) is 25.4. The molecule has 0 unspecified atom stereocenters. The predicted octanol–water partition coefficient (Wildman–Crippen LogP) is 4.05. The van der Waals surface area contributed by atoms with Crippen LogP contribution in [0.1, 0.15) is 25.3 Å². The largest absolute Gasteiger partial charge is 0.494 e. The molecule has 2 aliphatic heterocycles. The number of amides is 1. The Balaban J connectivity index is 1.28. The Morgan fingerprint density at radius 3 is 2.49 bits per heavy atom. The van der Waals surface area contributed by atoms with E-state index in [1.165, 1.54) is 55.9 Å². The molecule has 53 heavy (non-hydrogen) atoms. The molecule has 0 atom stereocenters. The first-order valence-electron chi connectivity index (χ1n) is 16.6. The van der Waals surface area contributed by atoms with E-state index in [1.54, 1.807) is 17.0 Å². The minimum Gasteiger partial charge on any atom is -0.494 e. The monoisotopic (exact) mass is 731 g/mol. The molecule has 276 valence electrons. The van der Waals surface area contributed by atoms with Gasteiger partial charge < -0.3 is 34.3 Å². The van der Waals surface area contributed by atoms with Crippen LogP contribution >= 0.6 is 0 Å². The number of anilines is 2. The number of fused-ring (bicyclic) bond motifs is 1. The number of pyridine rings is 1. The van der Waals surface area contributed by atoms with Crippen molar-refractivity contribution >= 4 is 34.9 Å². The first-order valence-corrected chi connectivity index (χ1v) is 16.6. The maximum absolute atomic E-state index is 15.8. The second-order valence-corrected chi connectivity index (χ2v) is 13.1. The number of ether oxygens (including phenoxy) is 2. The second-order valence-electron chi connectivity index (χ2n) is 13.1. The van der Waals surface area contributed by atoms with Gasteiger partial charge >= 0.3 is 5.82 Å². The van der Waals surface area contributed by atoms with Crippen LogP contribution in [0.25, 0.3) is 22.2 Å². The molecular weight excluding hydrogens is 694 g/mol. The van der Waals surface area contributed by atoms with Gasteiger partial charge in [-0.15, -0.1) is 0 Å². The highest BCUT2D eigenvalue weighted by Crippen LogP contribution is 2.38. The Kier molecular flexibility index (Phi) is 10.5. The number of hydrogen-bond donors (Lipinski definition) is 1. The molecule has 0 spiro atoms. The number of piperidine rings is 1. The quantitative estimate of drug-likeness (QED) is 0.0962. The Bertz CT molecular complexity index is 2190. The Hall–Kier alpha value is -6.17. The number of likely N-dealkylation sites (tertiary alicyclic amines) is 1. The van der Waals surface area contributed by atoms with Crippen molar-refractivity contribution in [1.82, 2.24) is 29.4 Å². The number of aliphatic imine (C=N–C) groups is 1. The maximum atomic E-state index is 15.8. The third kappa shape index (κ3) is 7.71. The molecule has 16 nitrogen and oxygen atoms in total. The third-order valence-electron chi connectivity index (χ3n) is 9.10. The lowest BCUT2D eigenvalue weighted by Crippen LogP contribution is -2.42. The van der Waals surface area contributed by atoms with E-state index in [0.29, 0.717) is 53.6 Å². The van der Waals surface area contributed by atoms with Crippen LogP contribution in [-0.4, -0.2) is 105 Å². The second kappa shape index (κ2) is 15.2. The summed E-state index contributed by atoms with van der Waals surface area (Å²) in [5.41, 5.74) is -0.752. The van der Waals surface area contributed by atoms with E-state index in [9.17, 15) is 19.7 Å². The number of nitro groups is 1. The van der Waals surface area contributed by atoms with Gasteiger partial charge in [-0.3, -0.25) is 14.2 Å². The van der Waals surface area contributed by atoms with E-state index in [1.807, 2.05) is 14.1 Å². The molecule has 6 rings (SSSR count). The molecule has 3 aromatic heterocycles. The lowest BCUT2D eigenvalue weighted by molar-refractivity contribution is -0.880. The van der Waals surface area contributed by atoms with Crippen molar-refractivity contribution in [1.29, 1.82) is 0 Å². The highest BCUT2D eigenvalue weighted by molar-refractivity contribution is 5.87. The summed E-state index contributed by atoms with van der Waals surface area (Å²) >= 11 is 0. The van der Waals surface area contributed by atoms with Gasteiger partial charge in [0.05, 0.1) is 51.6 Å². The van der Waals surface area contributed by atoms with E-state index in [-0.39, 0.29) is 53.5 Å². The fourth-order valence-corrected chi connectivity index (χ4v) is 6.51. The summed E-state index contributed by atoms with van der Waals surface area (Å²) < 4.78 is 43.5. The number of methoxy groups -OCH3 is 2. The van der Waals surface area contributed by atoms with Crippen molar-refractivity contribution in [3.63, 3.8) is 0 Å². The Labute approximate surface area is 301 Å². The zero-order valence-corrected chi connectivity index (χ0v) is 29.5. The fraction of sp³-hybridized carbons (Fsp3) is 0.343. The predicted molar refractivity (Wildman–Crippen MR) is 191 cm³/mol. The Morgan fingerprint density at radius 1 is 1.13 bits per heavy atom. The van der Waals surface area contributed by atoms with Gasteiger partial charge in [0.2, 0.25) is 11.9 Å². The van der Waals surface area contributed by atoms with Gasteiger partial charge in [0, 0.05) is 55.5 Å². The number of nitrogens with one attached hydrogen (secondary N) is 1. The highest BCUT2D eigenvalue weighted by atomic mass is 19.1. The molecule has 0 saturated carbocycles. The number of hydrogen-bond acceptors (Lipinski definition) is 12. The zero-order chi connectivity index (χ0) is 37.9. The van der Waals surface area contributed by atoms with Crippen LogP contribution in [0.15, 0.2) is 70.3 Å². The van der Waals surface area contributed by atoms with E-state index >= 15 is 8.78 Å². The van der Waals surface area contributed by atoms with Crippen LogP contribution in [0.3, 0.4) is 0 Å². The molecule has 1 fully saturated rings. The number of aromatic nitrogens is 5. The normalized spacial score (nSPS) is 15.1. The number of carbonyl (C=O) groups is 1. The van der Waals surface area contributed by atoms with Crippen LogP contribution in [0, 0.1) is 21.7 Å². The number of halogens is 2. The summed E-state index contributed by atoms with van der Waals surface area (Å²) in [5.74, 6) is -2.58. The van der Waals surface area contributed by atoms with E-state index in [4.69, 9.17) is 9.47 Å². The molecule has 0 bridgehead atoms. The van der Waals surface area contributed by atoms with Crippen molar-refractivity contribution in [3.8, 4) is 22.6 Å².